The average molecular weight is 356 g/mol. The molecule has 2 rings (SSSR count). The van der Waals surface area contributed by atoms with E-state index in [-0.39, 0.29) is 17.1 Å². The van der Waals surface area contributed by atoms with Crippen molar-refractivity contribution in [2.24, 2.45) is 0 Å². The van der Waals surface area contributed by atoms with Crippen molar-refractivity contribution in [3.05, 3.63) is 58.9 Å². The Bertz CT molecular complexity index is 820. The van der Waals surface area contributed by atoms with Gasteiger partial charge in [-0.3, -0.25) is 4.79 Å². The molecule has 4 nitrogen and oxygen atoms in total. The van der Waals surface area contributed by atoms with Crippen molar-refractivity contribution in [1.29, 1.82) is 0 Å². The molecule has 23 heavy (non-hydrogen) atoms. The largest absolute Gasteiger partial charge is 0.326 e. The Morgan fingerprint density at radius 2 is 1.83 bits per heavy atom. The van der Waals surface area contributed by atoms with Gasteiger partial charge in [-0.1, -0.05) is 17.7 Å². The molecule has 122 valence electrons. The molecule has 0 saturated carbocycles. The number of nitrogens with one attached hydrogen (secondary N) is 1. The van der Waals surface area contributed by atoms with Crippen LogP contribution in [-0.2, 0) is 14.6 Å². The summed E-state index contributed by atoms with van der Waals surface area (Å²) < 4.78 is 37.0. The number of sulfone groups is 1. The SMILES string of the molecule is Cc1ccc(Cl)cc1NC(=O)CCS(=O)(=O)c1ccc(F)cc1. The minimum atomic E-state index is -3.64. The number of benzene rings is 2. The molecule has 1 amide bonds. The fraction of sp³-hybridized carbons (Fsp3) is 0.188. The van der Waals surface area contributed by atoms with Gasteiger partial charge in [0.05, 0.1) is 10.6 Å². The lowest BCUT2D eigenvalue weighted by molar-refractivity contribution is -0.115. The molecule has 0 spiro atoms. The number of aryl methyl sites for hydroxylation is 1. The normalized spacial score (nSPS) is 11.3. The van der Waals surface area contributed by atoms with E-state index in [0.717, 1.165) is 17.7 Å². The fourth-order valence-electron chi connectivity index (χ4n) is 1.93. The first-order valence-electron chi connectivity index (χ1n) is 6.82. The number of hydrogen-bond acceptors (Lipinski definition) is 3. The second kappa shape index (κ2) is 7.10. The third-order valence-corrected chi connectivity index (χ3v) is 5.21. The van der Waals surface area contributed by atoms with Gasteiger partial charge in [0.2, 0.25) is 5.91 Å². The molecule has 0 aliphatic heterocycles. The van der Waals surface area contributed by atoms with Crippen LogP contribution in [-0.4, -0.2) is 20.1 Å². The van der Waals surface area contributed by atoms with Crippen LogP contribution in [0.4, 0.5) is 10.1 Å². The van der Waals surface area contributed by atoms with E-state index in [0.29, 0.717) is 10.7 Å². The highest BCUT2D eigenvalue weighted by Gasteiger charge is 2.17. The van der Waals surface area contributed by atoms with E-state index < -0.39 is 21.6 Å². The Morgan fingerprint density at radius 1 is 1.17 bits per heavy atom. The highest BCUT2D eigenvalue weighted by atomic mass is 35.5. The van der Waals surface area contributed by atoms with Gasteiger partial charge in [-0.25, -0.2) is 12.8 Å². The van der Waals surface area contributed by atoms with Gasteiger partial charge in [-0.2, -0.15) is 0 Å². The van der Waals surface area contributed by atoms with Crippen LogP contribution in [0.2, 0.25) is 5.02 Å². The van der Waals surface area contributed by atoms with Crippen molar-refractivity contribution in [3.8, 4) is 0 Å². The molecule has 0 aliphatic carbocycles. The molecule has 0 radical (unpaired) electrons. The van der Waals surface area contributed by atoms with E-state index in [2.05, 4.69) is 5.32 Å². The Morgan fingerprint density at radius 3 is 2.48 bits per heavy atom. The average Bonchev–Trinajstić information content (AvgIpc) is 2.49. The van der Waals surface area contributed by atoms with Crippen LogP contribution < -0.4 is 5.32 Å². The lowest BCUT2D eigenvalue weighted by Gasteiger charge is -2.09. The fourth-order valence-corrected chi connectivity index (χ4v) is 3.34. The summed E-state index contributed by atoms with van der Waals surface area (Å²) in [7, 11) is -3.64. The topological polar surface area (TPSA) is 63.2 Å². The Kier molecular flexibility index (Phi) is 5.38. The molecule has 0 aromatic heterocycles. The summed E-state index contributed by atoms with van der Waals surface area (Å²) in [6, 6.07) is 9.57. The summed E-state index contributed by atoms with van der Waals surface area (Å²) in [5.74, 6) is -1.30. The summed E-state index contributed by atoms with van der Waals surface area (Å²) in [6.07, 6.45) is -0.203. The number of rotatable bonds is 5. The summed E-state index contributed by atoms with van der Waals surface area (Å²) >= 11 is 5.86. The maximum Gasteiger partial charge on any atom is 0.225 e. The smallest absolute Gasteiger partial charge is 0.225 e. The first-order valence-corrected chi connectivity index (χ1v) is 8.85. The zero-order chi connectivity index (χ0) is 17.0. The van der Waals surface area contributed by atoms with Gasteiger partial charge in [0.25, 0.3) is 0 Å². The molecule has 0 atom stereocenters. The van der Waals surface area contributed by atoms with Crippen LogP contribution in [0.5, 0.6) is 0 Å². The van der Waals surface area contributed by atoms with Crippen molar-refractivity contribution < 1.29 is 17.6 Å². The van der Waals surface area contributed by atoms with Crippen molar-refractivity contribution in [1.82, 2.24) is 0 Å². The number of carbonyl (C=O) groups is 1. The quantitative estimate of drug-likeness (QED) is 0.834. The number of anilines is 1. The van der Waals surface area contributed by atoms with E-state index in [9.17, 15) is 17.6 Å². The second-order valence-electron chi connectivity index (χ2n) is 5.03. The number of hydrogen-bond donors (Lipinski definition) is 1. The zero-order valence-electron chi connectivity index (χ0n) is 12.3. The molecule has 0 aliphatic rings. The molecule has 0 heterocycles. The van der Waals surface area contributed by atoms with Crippen molar-refractivity contribution in [2.45, 2.75) is 18.2 Å². The maximum absolute atomic E-state index is 12.8. The molecular formula is C16H15ClFNO3S. The third kappa shape index (κ3) is 4.77. The molecular weight excluding hydrogens is 341 g/mol. The monoisotopic (exact) mass is 355 g/mol. The van der Waals surface area contributed by atoms with Crippen molar-refractivity contribution in [2.75, 3.05) is 11.1 Å². The zero-order valence-corrected chi connectivity index (χ0v) is 13.9. The summed E-state index contributed by atoms with van der Waals surface area (Å²) in [5.41, 5.74) is 1.37. The van der Waals surface area contributed by atoms with Crippen LogP contribution in [0, 0.1) is 12.7 Å². The summed E-state index contributed by atoms with van der Waals surface area (Å²) in [6.45, 7) is 1.81. The molecule has 2 aromatic carbocycles. The number of carbonyl (C=O) groups excluding carboxylic acids is 1. The van der Waals surface area contributed by atoms with Gasteiger partial charge < -0.3 is 5.32 Å². The summed E-state index contributed by atoms with van der Waals surface area (Å²) in [5, 5.41) is 3.11. The van der Waals surface area contributed by atoms with Gasteiger partial charge >= 0.3 is 0 Å². The minimum Gasteiger partial charge on any atom is -0.326 e. The van der Waals surface area contributed by atoms with Crippen LogP contribution in [0.25, 0.3) is 0 Å². The highest BCUT2D eigenvalue weighted by Crippen LogP contribution is 2.20. The van der Waals surface area contributed by atoms with E-state index in [4.69, 9.17) is 11.6 Å². The van der Waals surface area contributed by atoms with Gasteiger partial charge in [0.15, 0.2) is 9.84 Å². The number of amides is 1. The first kappa shape index (κ1) is 17.4. The molecule has 2 aromatic rings. The summed E-state index contributed by atoms with van der Waals surface area (Å²) in [4.78, 5) is 11.9. The van der Waals surface area contributed by atoms with Crippen LogP contribution in [0.15, 0.2) is 47.4 Å². The number of halogens is 2. The standard InChI is InChI=1S/C16H15ClFNO3S/c1-11-2-3-12(17)10-15(11)19-16(20)8-9-23(21,22)14-6-4-13(18)5-7-14/h2-7,10H,8-9H2,1H3,(H,19,20). The lowest BCUT2D eigenvalue weighted by atomic mass is 10.2. The van der Waals surface area contributed by atoms with Gasteiger partial charge in [-0.15, -0.1) is 0 Å². The molecule has 0 fully saturated rings. The molecule has 0 bridgehead atoms. The highest BCUT2D eigenvalue weighted by molar-refractivity contribution is 7.91. The Hall–Kier alpha value is -1.92. The van der Waals surface area contributed by atoms with E-state index in [1.165, 1.54) is 12.1 Å². The van der Waals surface area contributed by atoms with Gasteiger partial charge in [-0.05, 0) is 48.9 Å². The van der Waals surface area contributed by atoms with E-state index in [1.807, 2.05) is 0 Å². The Balaban J connectivity index is 2.01. The molecule has 1 N–H and O–H groups in total. The lowest BCUT2D eigenvalue weighted by Crippen LogP contribution is -2.18. The molecule has 7 heteroatoms. The predicted octanol–water partition coefficient (Wildman–Crippen LogP) is 3.59. The van der Waals surface area contributed by atoms with Crippen molar-refractivity contribution >= 4 is 33.0 Å². The maximum atomic E-state index is 12.8. The van der Waals surface area contributed by atoms with Crippen LogP contribution in [0.1, 0.15) is 12.0 Å². The van der Waals surface area contributed by atoms with Crippen LogP contribution >= 0.6 is 11.6 Å². The minimum absolute atomic E-state index is 0.00867. The second-order valence-corrected chi connectivity index (χ2v) is 7.58. The molecule has 0 unspecified atom stereocenters. The third-order valence-electron chi connectivity index (χ3n) is 3.24. The van der Waals surface area contributed by atoms with E-state index >= 15 is 0 Å². The molecule has 0 saturated heterocycles. The van der Waals surface area contributed by atoms with Gasteiger partial charge in [0, 0.05) is 17.1 Å². The van der Waals surface area contributed by atoms with E-state index in [1.54, 1.807) is 25.1 Å². The van der Waals surface area contributed by atoms with Gasteiger partial charge in [0.1, 0.15) is 5.82 Å². The predicted molar refractivity (Wildman–Crippen MR) is 87.9 cm³/mol. The first-order chi connectivity index (χ1) is 10.8. The van der Waals surface area contributed by atoms with Crippen LogP contribution in [0.3, 0.4) is 0 Å². The Labute approximate surface area is 139 Å². The van der Waals surface area contributed by atoms with Crippen molar-refractivity contribution in [3.63, 3.8) is 0 Å².